The summed E-state index contributed by atoms with van der Waals surface area (Å²) in [5, 5.41) is 0. The van der Waals surface area contributed by atoms with Gasteiger partial charge in [0.15, 0.2) is 11.6 Å². The van der Waals surface area contributed by atoms with E-state index in [0.717, 1.165) is 12.3 Å². The summed E-state index contributed by atoms with van der Waals surface area (Å²) < 4.78 is 27.9. The largest absolute Gasteiger partial charge is 0.203 e. The van der Waals surface area contributed by atoms with Crippen LogP contribution < -0.4 is 0 Å². The third-order valence-corrected chi connectivity index (χ3v) is 4.91. The molecular weight excluding hydrogens is 278 g/mol. The first-order chi connectivity index (χ1) is 10.7. The average Bonchev–Trinajstić information content (AvgIpc) is 2.53. The summed E-state index contributed by atoms with van der Waals surface area (Å²) in [4.78, 5) is 0. The third-order valence-electron chi connectivity index (χ3n) is 4.91. The normalized spacial score (nSPS) is 21.3. The van der Waals surface area contributed by atoms with Crippen molar-refractivity contribution in [3.8, 4) is 11.8 Å². The molecule has 2 heteroatoms. The fraction of sp³-hybridized carbons (Fsp3) is 0.600. The number of halogens is 2. The van der Waals surface area contributed by atoms with E-state index in [9.17, 15) is 8.78 Å². The lowest BCUT2D eigenvalue weighted by Gasteiger charge is -2.28. The van der Waals surface area contributed by atoms with Gasteiger partial charge in [-0.15, -0.1) is 5.92 Å². The van der Waals surface area contributed by atoms with Gasteiger partial charge in [0.05, 0.1) is 5.56 Å². The van der Waals surface area contributed by atoms with Crippen LogP contribution in [0.15, 0.2) is 12.1 Å². The van der Waals surface area contributed by atoms with E-state index in [-0.39, 0.29) is 5.56 Å². The van der Waals surface area contributed by atoms with Gasteiger partial charge in [-0.2, -0.15) is 0 Å². The first kappa shape index (κ1) is 17.0. The lowest BCUT2D eigenvalue weighted by molar-refractivity contribution is 0.251. The van der Waals surface area contributed by atoms with Crippen LogP contribution in [0.2, 0.25) is 0 Å². The topological polar surface area (TPSA) is 0 Å². The molecule has 1 fully saturated rings. The third kappa shape index (κ3) is 4.32. The van der Waals surface area contributed by atoms with E-state index in [1.54, 1.807) is 19.1 Å². The molecule has 1 aliphatic rings. The molecule has 0 radical (unpaired) electrons. The molecule has 0 atom stereocenters. The van der Waals surface area contributed by atoms with E-state index >= 15 is 0 Å². The van der Waals surface area contributed by atoms with Crippen molar-refractivity contribution in [2.45, 2.75) is 65.2 Å². The fourth-order valence-electron chi connectivity index (χ4n) is 3.59. The molecule has 0 N–H and O–H groups in total. The smallest absolute Gasteiger partial charge is 0.174 e. The van der Waals surface area contributed by atoms with Gasteiger partial charge in [-0.3, -0.25) is 0 Å². The maximum Gasteiger partial charge on any atom is 0.174 e. The van der Waals surface area contributed by atoms with Crippen molar-refractivity contribution in [3.05, 3.63) is 34.9 Å². The Hall–Kier alpha value is -1.36. The quantitative estimate of drug-likeness (QED) is 0.596. The summed E-state index contributed by atoms with van der Waals surface area (Å²) >= 11 is 0. The predicted molar refractivity (Wildman–Crippen MR) is 87.6 cm³/mol. The molecule has 0 saturated heterocycles. The van der Waals surface area contributed by atoms with E-state index in [4.69, 9.17) is 0 Å². The standard InChI is InChI=1S/C20H26F2/c1-3-5-15-7-9-16(10-8-15)11-12-18-14-13-17(6-4-2)19(21)20(18)22/h13-16H,3,5,7-12H2,1-2H3/t15-,16-. The zero-order chi connectivity index (χ0) is 15.9. The molecule has 0 spiro atoms. The molecule has 1 aliphatic carbocycles. The number of hydrogen-bond acceptors (Lipinski definition) is 0. The Morgan fingerprint density at radius 1 is 1.00 bits per heavy atom. The van der Waals surface area contributed by atoms with Crippen LogP contribution in [0.1, 0.15) is 69.9 Å². The van der Waals surface area contributed by atoms with Crippen molar-refractivity contribution in [2.75, 3.05) is 0 Å². The molecule has 0 aromatic heterocycles. The Balaban J connectivity index is 1.90. The SMILES string of the molecule is CC#Cc1ccc(CC[C@H]2CC[C@H](CCC)CC2)c(F)c1F. The van der Waals surface area contributed by atoms with Gasteiger partial charge in [0, 0.05) is 0 Å². The molecule has 1 aromatic rings. The molecule has 22 heavy (non-hydrogen) atoms. The molecule has 0 nitrogen and oxygen atoms in total. The highest BCUT2D eigenvalue weighted by molar-refractivity contribution is 5.38. The summed E-state index contributed by atoms with van der Waals surface area (Å²) in [5.74, 6) is 5.28. The Morgan fingerprint density at radius 3 is 2.23 bits per heavy atom. The summed E-state index contributed by atoms with van der Waals surface area (Å²) in [6.45, 7) is 3.87. The van der Waals surface area contributed by atoms with Crippen LogP contribution in [-0.2, 0) is 6.42 Å². The van der Waals surface area contributed by atoms with Crippen molar-refractivity contribution in [1.82, 2.24) is 0 Å². The number of rotatable bonds is 5. The van der Waals surface area contributed by atoms with E-state index in [0.29, 0.717) is 17.9 Å². The minimum atomic E-state index is -0.793. The number of benzene rings is 1. The average molecular weight is 304 g/mol. The van der Waals surface area contributed by atoms with E-state index in [2.05, 4.69) is 18.8 Å². The molecule has 0 aliphatic heterocycles. The minimum absolute atomic E-state index is 0.156. The summed E-state index contributed by atoms with van der Waals surface area (Å²) in [7, 11) is 0. The molecule has 1 saturated carbocycles. The molecule has 0 amide bonds. The maximum atomic E-state index is 14.1. The lowest BCUT2D eigenvalue weighted by Crippen LogP contribution is -2.15. The molecular formula is C20H26F2. The molecule has 0 heterocycles. The van der Waals surface area contributed by atoms with Gasteiger partial charge < -0.3 is 0 Å². The molecule has 1 aromatic carbocycles. The summed E-state index contributed by atoms with van der Waals surface area (Å²) in [6.07, 6.45) is 9.31. The van der Waals surface area contributed by atoms with E-state index < -0.39 is 11.6 Å². The minimum Gasteiger partial charge on any atom is -0.203 e. The highest BCUT2D eigenvalue weighted by atomic mass is 19.2. The Morgan fingerprint density at radius 2 is 1.64 bits per heavy atom. The van der Waals surface area contributed by atoms with Crippen molar-refractivity contribution < 1.29 is 8.78 Å². The van der Waals surface area contributed by atoms with Crippen LogP contribution >= 0.6 is 0 Å². The summed E-state index contributed by atoms with van der Waals surface area (Å²) in [5.41, 5.74) is 0.652. The van der Waals surface area contributed by atoms with Crippen LogP contribution in [0.3, 0.4) is 0 Å². The zero-order valence-corrected chi connectivity index (χ0v) is 13.7. The summed E-state index contributed by atoms with van der Waals surface area (Å²) in [6, 6.07) is 3.29. The Labute approximate surface area is 133 Å². The van der Waals surface area contributed by atoms with Crippen LogP contribution in [0.4, 0.5) is 8.78 Å². The number of hydrogen-bond donors (Lipinski definition) is 0. The lowest BCUT2D eigenvalue weighted by atomic mass is 9.78. The second kappa shape index (κ2) is 8.32. The van der Waals surface area contributed by atoms with Gasteiger partial charge in [0.2, 0.25) is 0 Å². The van der Waals surface area contributed by atoms with Crippen molar-refractivity contribution >= 4 is 0 Å². The molecule has 2 rings (SSSR count). The Kier molecular flexibility index (Phi) is 6.43. The van der Waals surface area contributed by atoms with E-state index in [1.807, 2.05) is 0 Å². The molecule has 0 unspecified atom stereocenters. The van der Waals surface area contributed by atoms with Crippen LogP contribution in [0.25, 0.3) is 0 Å². The maximum absolute atomic E-state index is 14.1. The zero-order valence-electron chi connectivity index (χ0n) is 13.7. The van der Waals surface area contributed by atoms with Gasteiger partial charge in [0.1, 0.15) is 0 Å². The van der Waals surface area contributed by atoms with Gasteiger partial charge in [-0.1, -0.05) is 57.4 Å². The van der Waals surface area contributed by atoms with E-state index in [1.165, 1.54) is 38.5 Å². The highest BCUT2D eigenvalue weighted by Crippen LogP contribution is 2.34. The first-order valence-corrected chi connectivity index (χ1v) is 8.55. The Bertz CT molecular complexity index is 543. The van der Waals surface area contributed by atoms with Crippen molar-refractivity contribution in [2.24, 2.45) is 11.8 Å². The highest BCUT2D eigenvalue weighted by Gasteiger charge is 2.21. The number of aryl methyl sites for hydroxylation is 1. The first-order valence-electron chi connectivity index (χ1n) is 8.55. The molecule has 120 valence electrons. The second-order valence-electron chi connectivity index (χ2n) is 6.49. The fourth-order valence-corrected chi connectivity index (χ4v) is 3.59. The van der Waals surface area contributed by atoms with Crippen LogP contribution in [0.5, 0.6) is 0 Å². The predicted octanol–water partition coefficient (Wildman–Crippen LogP) is 5.88. The van der Waals surface area contributed by atoms with Gasteiger partial charge in [0.25, 0.3) is 0 Å². The second-order valence-corrected chi connectivity index (χ2v) is 6.49. The molecule has 0 bridgehead atoms. The van der Waals surface area contributed by atoms with Crippen LogP contribution in [-0.4, -0.2) is 0 Å². The van der Waals surface area contributed by atoms with Crippen LogP contribution in [0, 0.1) is 35.3 Å². The van der Waals surface area contributed by atoms with Gasteiger partial charge >= 0.3 is 0 Å². The van der Waals surface area contributed by atoms with Gasteiger partial charge in [-0.05, 0) is 43.2 Å². The monoisotopic (exact) mass is 304 g/mol. The van der Waals surface area contributed by atoms with Gasteiger partial charge in [-0.25, -0.2) is 8.78 Å². The van der Waals surface area contributed by atoms with Crippen molar-refractivity contribution in [3.63, 3.8) is 0 Å². The van der Waals surface area contributed by atoms with Crippen molar-refractivity contribution in [1.29, 1.82) is 0 Å².